The van der Waals surface area contributed by atoms with Crippen LogP contribution in [0.15, 0.2) is 113 Å². The topological polar surface area (TPSA) is 46.3 Å². The number of oxazole rings is 1. The van der Waals surface area contributed by atoms with E-state index in [1.807, 2.05) is 18.2 Å². The number of carbonyl (C=O) groups excluding carboxylic acids is 1. The Morgan fingerprint density at radius 1 is 0.812 bits per heavy atom. The molecule has 32 heavy (non-hydrogen) atoms. The number of rotatable bonds is 5. The minimum Gasteiger partial charge on any atom is -0.445 e. The number of nitrogens with zero attached hydrogens (tertiary/aromatic N) is 2. The van der Waals surface area contributed by atoms with Crippen LogP contribution < -0.4 is 0 Å². The molecule has 4 heteroatoms. The maximum atomic E-state index is 12.8. The second-order valence-corrected chi connectivity index (χ2v) is 7.94. The third kappa shape index (κ3) is 3.59. The van der Waals surface area contributed by atoms with E-state index in [-0.39, 0.29) is 5.78 Å². The van der Waals surface area contributed by atoms with Gasteiger partial charge in [-0.1, -0.05) is 91.0 Å². The molecule has 2 heterocycles. The number of Topliss-reactive ketones (excluding diaryl/α,β-unsaturated/α-hetero) is 1. The van der Waals surface area contributed by atoms with Crippen molar-refractivity contribution in [3.63, 3.8) is 0 Å². The molecule has 4 aromatic rings. The number of aromatic nitrogens is 1. The molecule has 0 atom stereocenters. The second-order valence-electron chi connectivity index (χ2n) is 7.94. The van der Waals surface area contributed by atoms with Crippen LogP contribution in [0.25, 0.3) is 6.08 Å². The fourth-order valence-corrected chi connectivity index (χ4v) is 4.72. The Kier molecular flexibility index (Phi) is 5.53. The highest BCUT2D eigenvalue weighted by Crippen LogP contribution is 2.43. The molecule has 0 amide bonds. The largest absolute Gasteiger partial charge is 0.445 e. The van der Waals surface area contributed by atoms with Crippen LogP contribution >= 0.6 is 0 Å². The molecule has 0 radical (unpaired) electrons. The van der Waals surface area contributed by atoms with Crippen LogP contribution in [-0.2, 0) is 10.3 Å². The summed E-state index contributed by atoms with van der Waals surface area (Å²) in [6.45, 7) is 1.15. The number of piperidine rings is 1. The van der Waals surface area contributed by atoms with Gasteiger partial charge in [-0.05, 0) is 16.7 Å². The lowest BCUT2D eigenvalue weighted by molar-refractivity contribution is -0.117. The normalized spacial score (nSPS) is 16.4. The Balaban J connectivity index is 1.72. The van der Waals surface area contributed by atoms with Crippen molar-refractivity contribution in [3.8, 4) is 0 Å². The molecule has 0 aliphatic carbocycles. The molecule has 1 fully saturated rings. The molecule has 4 nitrogen and oxygen atoms in total. The van der Waals surface area contributed by atoms with E-state index in [2.05, 4.69) is 82.7 Å². The van der Waals surface area contributed by atoms with Gasteiger partial charge < -0.3 is 4.42 Å². The van der Waals surface area contributed by atoms with E-state index in [9.17, 15) is 4.79 Å². The molecule has 0 saturated carbocycles. The van der Waals surface area contributed by atoms with Crippen molar-refractivity contribution in [2.75, 3.05) is 13.1 Å². The van der Waals surface area contributed by atoms with Crippen molar-refractivity contribution in [2.24, 2.45) is 0 Å². The lowest BCUT2D eigenvalue weighted by atomic mass is 9.74. The van der Waals surface area contributed by atoms with Gasteiger partial charge in [0.15, 0.2) is 5.78 Å². The Hall–Kier alpha value is -3.76. The van der Waals surface area contributed by atoms with Gasteiger partial charge in [0.2, 0.25) is 5.89 Å². The van der Waals surface area contributed by atoms with Crippen LogP contribution in [-0.4, -0.2) is 28.8 Å². The van der Waals surface area contributed by atoms with Crippen molar-refractivity contribution < 1.29 is 9.21 Å². The van der Waals surface area contributed by atoms with Crippen LogP contribution in [0.4, 0.5) is 0 Å². The Morgan fingerprint density at radius 2 is 1.34 bits per heavy atom. The van der Waals surface area contributed by atoms with Crippen molar-refractivity contribution >= 4 is 11.9 Å². The molecule has 1 aliphatic rings. The quantitative estimate of drug-likeness (QED) is 0.324. The van der Waals surface area contributed by atoms with Gasteiger partial charge in [0.05, 0.1) is 11.7 Å². The molecular weight excluding hydrogens is 396 g/mol. The predicted octanol–water partition coefficient (Wildman–Crippen LogP) is 5.32. The zero-order valence-corrected chi connectivity index (χ0v) is 17.7. The van der Waals surface area contributed by atoms with Crippen LogP contribution in [0.5, 0.6) is 0 Å². The summed E-state index contributed by atoms with van der Waals surface area (Å²) in [5.74, 6) is 0.600. The van der Waals surface area contributed by atoms with Gasteiger partial charge in [-0.3, -0.25) is 9.69 Å². The molecule has 0 spiro atoms. The van der Waals surface area contributed by atoms with E-state index in [1.165, 1.54) is 23.0 Å². The van der Waals surface area contributed by atoms with Crippen molar-refractivity contribution in [1.82, 2.24) is 9.88 Å². The zero-order chi connectivity index (χ0) is 21.8. The highest BCUT2D eigenvalue weighted by molar-refractivity contribution is 6.00. The molecule has 5 rings (SSSR count). The van der Waals surface area contributed by atoms with Crippen LogP contribution in [0.2, 0.25) is 0 Å². The van der Waals surface area contributed by atoms with E-state index in [0.29, 0.717) is 31.0 Å². The summed E-state index contributed by atoms with van der Waals surface area (Å²) in [4.78, 5) is 19.4. The fraction of sp³-hybridized carbons (Fsp3) is 0.143. The first-order valence-electron chi connectivity index (χ1n) is 10.8. The average molecular weight is 421 g/mol. The first-order chi connectivity index (χ1) is 15.8. The van der Waals surface area contributed by atoms with Gasteiger partial charge in [-0.15, -0.1) is 0 Å². The van der Waals surface area contributed by atoms with Gasteiger partial charge >= 0.3 is 0 Å². The highest BCUT2D eigenvalue weighted by atomic mass is 16.3. The van der Waals surface area contributed by atoms with Crippen LogP contribution in [0.1, 0.15) is 29.0 Å². The molecule has 3 aromatic carbocycles. The monoisotopic (exact) mass is 420 g/mol. The summed E-state index contributed by atoms with van der Waals surface area (Å²) in [5.41, 5.74) is 3.68. The maximum Gasteiger partial charge on any atom is 0.218 e. The number of likely N-dealkylation sites (tertiary alicyclic amines) is 1. The minimum absolute atomic E-state index is 0.141. The third-order valence-corrected chi connectivity index (χ3v) is 6.13. The lowest BCUT2D eigenvalue weighted by Crippen LogP contribution is -2.52. The Morgan fingerprint density at radius 3 is 1.81 bits per heavy atom. The van der Waals surface area contributed by atoms with E-state index in [1.54, 1.807) is 12.3 Å². The average Bonchev–Trinajstić information content (AvgIpc) is 3.37. The van der Waals surface area contributed by atoms with Gasteiger partial charge in [0.1, 0.15) is 6.26 Å². The summed E-state index contributed by atoms with van der Waals surface area (Å²) >= 11 is 0. The van der Waals surface area contributed by atoms with E-state index in [4.69, 9.17) is 4.42 Å². The van der Waals surface area contributed by atoms with Crippen LogP contribution in [0, 0.1) is 0 Å². The fourth-order valence-electron chi connectivity index (χ4n) is 4.72. The van der Waals surface area contributed by atoms with Gasteiger partial charge in [0, 0.05) is 31.2 Å². The van der Waals surface area contributed by atoms with E-state index < -0.39 is 5.54 Å². The lowest BCUT2D eigenvalue weighted by Gasteiger charge is -2.47. The summed E-state index contributed by atoms with van der Waals surface area (Å²) in [5, 5.41) is 0. The number of hydrogen-bond donors (Lipinski definition) is 0. The Labute approximate surface area is 187 Å². The standard InChI is InChI=1S/C28H24N2O2/c31-26-16-18-30(21-22(26)20-27-29-17-19-32-27)28(23-10-4-1-5-11-23,24-12-6-2-7-13-24)25-14-8-3-9-15-25/h1-15,17,19-20H,16,18,21H2/b22-20+. The molecule has 1 aliphatic heterocycles. The summed E-state index contributed by atoms with van der Waals surface area (Å²) in [6, 6.07) is 31.6. The number of benzene rings is 3. The minimum atomic E-state index is -0.542. The second kappa shape index (κ2) is 8.77. The first-order valence-corrected chi connectivity index (χ1v) is 10.8. The zero-order valence-electron chi connectivity index (χ0n) is 17.7. The highest BCUT2D eigenvalue weighted by Gasteiger charge is 2.44. The summed E-state index contributed by atoms with van der Waals surface area (Å²) in [7, 11) is 0. The van der Waals surface area contributed by atoms with E-state index in [0.717, 1.165) is 0 Å². The molecular formula is C28H24N2O2. The van der Waals surface area contributed by atoms with Crippen molar-refractivity contribution in [2.45, 2.75) is 12.0 Å². The van der Waals surface area contributed by atoms with Gasteiger partial charge in [-0.2, -0.15) is 0 Å². The SMILES string of the molecule is O=C1CCN(C(c2ccccc2)(c2ccccc2)c2ccccc2)C/C1=C\c1ncco1. The number of ketones is 1. The van der Waals surface area contributed by atoms with Crippen LogP contribution in [0.3, 0.4) is 0 Å². The molecule has 0 unspecified atom stereocenters. The van der Waals surface area contributed by atoms with E-state index >= 15 is 0 Å². The molecule has 158 valence electrons. The number of carbonyl (C=O) groups is 1. The van der Waals surface area contributed by atoms with Crippen molar-refractivity contribution in [1.29, 1.82) is 0 Å². The molecule has 0 N–H and O–H groups in total. The number of hydrogen-bond acceptors (Lipinski definition) is 4. The maximum absolute atomic E-state index is 12.8. The van der Waals surface area contributed by atoms with Gasteiger partial charge in [0.25, 0.3) is 0 Å². The molecule has 1 saturated heterocycles. The Bertz CT molecular complexity index is 1100. The van der Waals surface area contributed by atoms with Gasteiger partial charge in [-0.25, -0.2) is 4.98 Å². The first kappa shape index (κ1) is 20.2. The summed E-state index contributed by atoms with van der Waals surface area (Å²) < 4.78 is 5.40. The predicted molar refractivity (Wildman–Crippen MR) is 125 cm³/mol. The summed E-state index contributed by atoms with van der Waals surface area (Å²) in [6.07, 6.45) is 5.35. The molecule has 0 bridgehead atoms. The molecule has 1 aromatic heterocycles. The van der Waals surface area contributed by atoms with Crippen molar-refractivity contribution in [3.05, 3.63) is 132 Å². The smallest absolute Gasteiger partial charge is 0.218 e. The third-order valence-electron chi connectivity index (χ3n) is 6.13.